The van der Waals surface area contributed by atoms with Crippen LogP contribution in [0.4, 0.5) is 4.79 Å². The van der Waals surface area contributed by atoms with Crippen LogP contribution in [0, 0.1) is 11.3 Å². The van der Waals surface area contributed by atoms with E-state index in [0.29, 0.717) is 30.9 Å². The number of hydrogen-bond acceptors (Lipinski definition) is 4. The summed E-state index contributed by atoms with van der Waals surface area (Å²) in [5, 5.41) is 10.2. The SMILES string of the molecule is CCN(CC)C(=O)Oc1ccc2c(ccn2Cc2cccc(C#N)c2)c1-c1ccc(OC)cc1. The first-order chi connectivity index (χ1) is 16.6. The minimum Gasteiger partial charge on any atom is -0.497 e. The van der Waals surface area contributed by atoms with Gasteiger partial charge in [0.05, 0.1) is 18.7 Å². The van der Waals surface area contributed by atoms with Gasteiger partial charge in [-0.3, -0.25) is 0 Å². The maximum absolute atomic E-state index is 12.8. The molecule has 1 aromatic heterocycles. The first kappa shape index (κ1) is 22.9. The molecule has 172 valence electrons. The number of benzene rings is 3. The van der Waals surface area contributed by atoms with E-state index in [1.807, 2.05) is 80.7 Å². The van der Waals surface area contributed by atoms with Gasteiger partial charge in [-0.05, 0) is 67.4 Å². The van der Waals surface area contributed by atoms with Gasteiger partial charge in [-0.2, -0.15) is 5.26 Å². The van der Waals surface area contributed by atoms with Crippen LogP contribution in [0.15, 0.2) is 72.9 Å². The Morgan fingerprint density at radius 1 is 1.03 bits per heavy atom. The Hall–Kier alpha value is -4.24. The molecule has 0 aliphatic rings. The third-order valence-corrected chi connectivity index (χ3v) is 5.92. The van der Waals surface area contributed by atoms with Gasteiger partial charge in [0.1, 0.15) is 11.5 Å². The molecule has 0 fully saturated rings. The molecular weight excluding hydrogens is 426 g/mol. The fourth-order valence-corrected chi connectivity index (χ4v) is 4.11. The highest BCUT2D eigenvalue weighted by Gasteiger charge is 2.19. The number of fused-ring (bicyclic) bond motifs is 1. The van der Waals surface area contributed by atoms with Crippen molar-refractivity contribution >= 4 is 17.0 Å². The fraction of sp³-hybridized carbons (Fsp3) is 0.214. The summed E-state index contributed by atoms with van der Waals surface area (Å²) in [7, 11) is 1.63. The molecule has 6 heteroatoms. The highest BCUT2D eigenvalue weighted by atomic mass is 16.6. The summed E-state index contributed by atoms with van der Waals surface area (Å²) in [6, 6.07) is 23.4. The molecule has 0 atom stereocenters. The van der Waals surface area contributed by atoms with Crippen LogP contribution >= 0.6 is 0 Å². The summed E-state index contributed by atoms with van der Waals surface area (Å²) in [4.78, 5) is 14.4. The van der Waals surface area contributed by atoms with Crippen molar-refractivity contribution in [2.45, 2.75) is 20.4 Å². The second-order valence-electron chi connectivity index (χ2n) is 7.90. The highest BCUT2D eigenvalue weighted by Crippen LogP contribution is 2.39. The average molecular weight is 454 g/mol. The summed E-state index contributed by atoms with van der Waals surface area (Å²) >= 11 is 0. The van der Waals surface area contributed by atoms with Crippen LogP contribution < -0.4 is 9.47 Å². The number of aromatic nitrogens is 1. The van der Waals surface area contributed by atoms with E-state index in [-0.39, 0.29) is 6.09 Å². The number of rotatable bonds is 7. The van der Waals surface area contributed by atoms with Gasteiger partial charge in [0.25, 0.3) is 0 Å². The maximum atomic E-state index is 12.8. The quantitative estimate of drug-likeness (QED) is 0.340. The van der Waals surface area contributed by atoms with Crippen LogP contribution in [-0.4, -0.2) is 35.8 Å². The zero-order valence-corrected chi connectivity index (χ0v) is 19.6. The Bertz CT molecular complexity index is 1350. The molecular formula is C28H27N3O3. The number of carbonyl (C=O) groups excluding carboxylic acids is 1. The van der Waals surface area contributed by atoms with E-state index in [1.165, 1.54) is 0 Å². The molecule has 0 saturated carbocycles. The number of nitriles is 1. The summed E-state index contributed by atoms with van der Waals surface area (Å²) < 4.78 is 13.3. The van der Waals surface area contributed by atoms with Gasteiger partial charge in [0.2, 0.25) is 0 Å². The van der Waals surface area contributed by atoms with E-state index in [2.05, 4.69) is 10.6 Å². The Morgan fingerprint density at radius 2 is 1.79 bits per heavy atom. The molecule has 0 bridgehead atoms. The minimum atomic E-state index is -0.369. The van der Waals surface area contributed by atoms with Crippen molar-refractivity contribution in [2.24, 2.45) is 0 Å². The van der Waals surface area contributed by atoms with Gasteiger partial charge in [-0.1, -0.05) is 24.3 Å². The zero-order chi connectivity index (χ0) is 24.1. The first-order valence-corrected chi connectivity index (χ1v) is 11.3. The molecule has 0 aliphatic carbocycles. The molecule has 1 heterocycles. The minimum absolute atomic E-state index is 0.369. The number of ether oxygens (including phenoxy) is 2. The van der Waals surface area contributed by atoms with E-state index in [9.17, 15) is 10.1 Å². The maximum Gasteiger partial charge on any atom is 0.415 e. The molecule has 0 unspecified atom stereocenters. The summed E-state index contributed by atoms with van der Waals surface area (Å²) in [6.07, 6.45) is 1.65. The lowest BCUT2D eigenvalue weighted by Crippen LogP contribution is -2.33. The Labute approximate surface area is 199 Å². The molecule has 0 aliphatic heterocycles. The predicted octanol–water partition coefficient (Wildman–Crippen LogP) is 6.08. The zero-order valence-electron chi connectivity index (χ0n) is 19.6. The van der Waals surface area contributed by atoms with Crippen LogP contribution in [0.5, 0.6) is 11.5 Å². The molecule has 0 N–H and O–H groups in total. The van der Waals surface area contributed by atoms with Crippen LogP contribution in [0.3, 0.4) is 0 Å². The largest absolute Gasteiger partial charge is 0.497 e. The average Bonchev–Trinajstić information content (AvgIpc) is 3.27. The monoisotopic (exact) mass is 453 g/mol. The molecule has 0 saturated heterocycles. The van der Waals surface area contributed by atoms with Crippen LogP contribution in [-0.2, 0) is 6.54 Å². The topological polar surface area (TPSA) is 67.5 Å². The Morgan fingerprint density at radius 3 is 2.47 bits per heavy atom. The van der Waals surface area contributed by atoms with Crippen LogP contribution in [0.25, 0.3) is 22.0 Å². The van der Waals surface area contributed by atoms with Gasteiger partial charge < -0.3 is 18.9 Å². The van der Waals surface area contributed by atoms with Gasteiger partial charge in [-0.25, -0.2) is 4.79 Å². The van der Waals surface area contributed by atoms with Gasteiger partial charge in [0.15, 0.2) is 0 Å². The molecule has 0 spiro atoms. The van der Waals surface area contributed by atoms with E-state index in [1.54, 1.807) is 18.1 Å². The van der Waals surface area contributed by atoms with Gasteiger partial charge in [-0.15, -0.1) is 0 Å². The predicted molar refractivity (Wildman–Crippen MR) is 133 cm³/mol. The van der Waals surface area contributed by atoms with Crippen molar-refractivity contribution in [1.82, 2.24) is 9.47 Å². The number of methoxy groups -OCH3 is 1. The van der Waals surface area contributed by atoms with Crippen LogP contribution in [0.1, 0.15) is 25.0 Å². The van der Waals surface area contributed by atoms with Gasteiger partial charge in [0, 0.05) is 42.3 Å². The smallest absolute Gasteiger partial charge is 0.415 e. The molecule has 3 aromatic carbocycles. The summed E-state index contributed by atoms with van der Waals surface area (Å²) in [6.45, 7) is 5.64. The first-order valence-electron chi connectivity index (χ1n) is 11.3. The Balaban J connectivity index is 1.80. The van der Waals surface area contributed by atoms with Crippen molar-refractivity contribution in [2.75, 3.05) is 20.2 Å². The fourth-order valence-electron chi connectivity index (χ4n) is 4.11. The normalized spacial score (nSPS) is 10.6. The molecule has 4 aromatic rings. The lowest BCUT2D eigenvalue weighted by Gasteiger charge is -2.20. The van der Waals surface area contributed by atoms with Crippen molar-refractivity contribution in [3.63, 3.8) is 0 Å². The number of hydrogen-bond donors (Lipinski definition) is 0. The third kappa shape index (κ3) is 4.60. The molecule has 0 radical (unpaired) electrons. The molecule has 34 heavy (non-hydrogen) atoms. The Kier molecular flexibility index (Phi) is 6.84. The molecule has 4 rings (SSSR count). The number of nitrogens with zero attached hydrogens (tertiary/aromatic N) is 3. The molecule has 6 nitrogen and oxygen atoms in total. The summed E-state index contributed by atoms with van der Waals surface area (Å²) in [5.74, 6) is 1.27. The highest BCUT2D eigenvalue weighted by molar-refractivity contribution is 5.99. The lowest BCUT2D eigenvalue weighted by molar-refractivity contribution is 0.157. The van der Waals surface area contributed by atoms with E-state index >= 15 is 0 Å². The second kappa shape index (κ2) is 10.1. The van der Waals surface area contributed by atoms with Crippen molar-refractivity contribution < 1.29 is 14.3 Å². The van der Waals surface area contributed by atoms with Crippen molar-refractivity contribution in [3.8, 4) is 28.7 Å². The van der Waals surface area contributed by atoms with E-state index in [4.69, 9.17) is 9.47 Å². The van der Waals surface area contributed by atoms with Crippen molar-refractivity contribution in [1.29, 1.82) is 5.26 Å². The molecule has 1 amide bonds. The number of carbonyl (C=O) groups is 1. The van der Waals surface area contributed by atoms with Crippen LogP contribution in [0.2, 0.25) is 0 Å². The van der Waals surface area contributed by atoms with Gasteiger partial charge >= 0.3 is 6.09 Å². The summed E-state index contributed by atoms with van der Waals surface area (Å²) in [5.41, 5.74) is 4.47. The van der Waals surface area contributed by atoms with E-state index < -0.39 is 0 Å². The standard InChI is InChI=1S/C28H27N3O3/c1-4-30(5-2)28(32)34-26-14-13-25-24(27(26)22-9-11-23(33-3)12-10-22)15-16-31(25)19-21-8-6-7-20(17-21)18-29/h6-17H,4-5,19H2,1-3H3. The van der Waals surface area contributed by atoms with Crippen molar-refractivity contribution in [3.05, 3.63) is 84.1 Å². The third-order valence-electron chi connectivity index (χ3n) is 5.92. The number of amides is 1. The second-order valence-corrected chi connectivity index (χ2v) is 7.90. The van der Waals surface area contributed by atoms with E-state index in [0.717, 1.165) is 33.3 Å². The lowest BCUT2D eigenvalue weighted by atomic mass is 10.0.